The summed E-state index contributed by atoms with van der Waals surface area (Å²) in [7, 11) is -3.00. The van der Waals surface area contributed by atoms with E-state index in [1.165, 1.54) is 0 Å². The zero-order valence-electron chi connectivity index (χ0n) is 11.1. The molecule has 21 heavy (non-hydrogen) atoms. The fourth-order valence-electron chi connectivity index (χ4n) is 2.41. The van der Waals surface area contributed by atoms with Crippen LogP contribution in [0.25, 0.3) is 0 Å². The number of halogens is 4. The normalized spacial score (nSPS) is 21.6. The monoisotopic (exact) mass is 325 g/mol. The third-order valence-electron chi connectivity index (χ3n) is 3.45. The Balaban J connectivity index is 1.98. The Bertz CT molecular complexity index is 613. The molecule has 0 radical (unpaired) electrons. The summed E-state index contributed by atoms with van der Waals surface area (Å²) in [6.45, 7) is 0.250. The van der Waals surface area contributed by atoms with Crippen molar-refractivity contribution in [3.63, 3.8) is 0 Å². The zero-order chi connectivity index (χ0) is 15.7. The summed E-state index contributed by atoms with van der Waals surface area (Å²) in [6.07, 6.45) is -4.10. The molecule has 0 amide bonds. The van der Waals surface area contributed by atoms with Crippen molar-refractivity contribution in [2.75, 3.05) is 18.1 Å². The number of nitrogens with one attached hydrogen (secondary N) is 1. The summed E-state index contributed by atoms with van der Waals surface area (Å²) in [5.41, 5.74) is -1.06. The summed E-state index contributed by atoms with van der Waals surface area (Å²) >= 11 is 0. The molecule has 3 nitrogen and oxygen atoms in total. The minimum absolute atomic E-state index is 0.0512. The van der Waals surface area contributed by atoms with Crippen molar-refractivity contribution in [2.24, 2.45) is 5.92 Å². The Labute approximate surface area is 120 Å². The molecule has 2 rings (SSSR count). The summed E-state index contributed by atoms with van der Waals surface area (Å²) in [4.78, 5) is 0. The minimum Gasteiger partial charge on any atom is -0.312 e. The summed E-state index contributed by atoms with van der Waals surface area (Å²) in [6, 6.07) is 2.54. The van der Waals surface area contributed by atoms with E-state index < -0.39 is 27.4 Å². The summed E-state index contributed by atoms with van der Waals surface area (Å²) < 4.78 is 73.9. The lowest BCUT2D eigenvalue weighted by atomic mass is 10.1. The highest BCUT2D eigenvalue weighted by molar-refractivity contribution is 7.91. The van der Waals surface area contributed by atoms with Crippen molar-refractivity contribution < 1.29 is 26.0 Å². The van der Waals surface area contributed by atoms with Crippen LogP contribution in [0.15, 0.2) is 18.2 Å². The van der Waals surface area contributed by atoms with Gasteiger partial charge in [0.25, 0.3) is 0 Å². The van der Waals surface area contributed by atoms with E-state index in [4.69, 9.17) is 0 Å². The lowest BCUT2D eigenvalue weighted by Crippen LogP contribution is -2.24. The van der Waals surface area contributed by atoms with Gasteiger partial charge in [0.05, 0.1) is 17.1 Å². The molecule has 0 saturated carbocycles. The second-order valence-electron chi connectivity index (χ2n) is 5.20. The molecular formula is C13H15F4NO2S. The van der Waals surface area contributed by atoms with Gasteiger partial charge in [0.2, 0.25) is 0 Å². The van der Waals surface area contributed by atoms with Crippen LogP contribution in [0, 0.1) is 11.7 Å². The van der Waals surface area contributed by atoms with Crippen molar-refractivity contribution in [3.8, 4) is 0 Å². The van der Waals surface area contributed by atoms with Gasteiger partial charge in [0.15, 0.2) is 9.84 Å². The number of hydrogen-bond acceptors (Lipinski definition) is 3. The number of benzene rings is 1. The first-order chi connectivity index (χ1) is 9.67. The number of alkyl halides is 3. The van der Waals surface area contributed by atoms with E-state index in [0.29, 0.717) is 19.0 Å². The number of hydrogen-bond donors (Lipinski definition) is 1. The Morgan fingerprint density at radius 2 is 2.00 bits per heavy atom. The maximum absolute atomic E-state index is 12.9. The van der Waals surface area contributed by atoms with Crippen LogP contribution < -0.4 is 5.32 Å². The maximum atomic E-state index is 12.9. The first-order valence-electron chi connectivity index (χ1n) is 6.44. The fraction of sp³-hybridized carbons (Fsp3) is 0.538. The SMILES string of the molecule is O=S1(=O)CCC(CNCc2ccc(F)cc2C(F)(F)F)C1. The van der Waals surface area contributed by atoms with Gasteiger partial charge in [0, 0.05) is 6.54 Å². The number of sulfone groups is 1. The minimum atomic E-state index is -4.62. The first kappa shape index (κ1) is 16.2. The lowest BCUT2D eigenvalue weighted by molar-refractivity contribution is -0.138. The molecule has 0 spiro atoms. The van der Waals surface area contributed by atoms with Crippen LogP contribution in [0.3, 0.4) is 0 Å². The lowest BCUT2D eigenvalue weighted by Gasteiger charge is -2.15. The fourth-order valence-corrected chi connectivity index (χ4v) is 4.27. The third-order valence-corrected chi connectivity index (χ3v) is 5.29. The molecule has 1 aliphatic rings. The highest BCUT2D eigenvalue weighted by Crippen LogP contribution is 2.32. The number of rotatable bonds is 4. The second kappa shape index (κ2) is 5.92. The van der Waals surface area contributed by atoms with E-state index in [2.05, 4.69) is 5.32 Å². The molecule has 0 aliphatic carbocycles. The molecule has 1 aromatic carbocycles. The van der Waals surface area contributed by atoms with Crippen LogP contribution in [-0.2, 0) is 22.6 Å². The summed E-state index contributed by atoms with van der Waals surface area (Å²) in [5.74, 6) is -0.822. The van der Waals surface area contributed by atoms with Crippen LogP contribution in [-0.4, -0.2) is 26.5 Å². The van der Waals surface area contributed by atoms with Crippen molar-refractivity contribution in [3.05, 3.63) is 35.1 Å². The van der Waals surface area contributed by atoms with Crippen LogP contribution >= 0.6 is 0 Å². The van der Waals surface area contributed by atoms with E-state index >= 15 is 0 Å². The van der Waals surface area contributed by atoms with Crippen molar-refractivity contribution in [2.45, 2.75) is 19.1 Å². The van der Waals surface area contributed by atoms with Crippen molar-refractivity contribution >= 4 is 9.84 Å². The van der Waals surface area contributed by atoms with Gasteiger partial charge < -0.3 is 5.32 Å². The molecule has 1 heterocycles. The van der Waals surface area contributed by atoms with Crippen molar-refractivity contribution in [1.82, 2.24) is 5.32 Å². The highest BCUT2D eigenvalue weighted by Gasteiger charge is 2.33. The molecule has 1 N–H and O–H groups in total. The van der Waals surface area contributed by atoms with E-state index in [9.17, 15) is 26.0 Å². The Morgan fingerprint density at radius 3 is 2.57 bits per heavy atom. The molecule has 1 atom stereocenters. The molecule has 1 aliphatic heterocycles. The average Bonchev–Trinajstić information content (AvgIpc) is 2.69. The molecule has 1 fully saturated rings. The molecule has 0 aromatic heterocycles. The highest BCUT2D eigenvalue weighted by atomic mass is 32.2. The van der Waals surface area contributed by atoms with Crippen LogP contribution in [0.2, 0.25) is 0 Å². The van der Waals surface area contributed by atoms with Crippen molar-refractivity contribution in [1.29, 1.82) is 0 Å². The molecular weight excluding hydrogens is 310 g/mol. The molecule has 1 unspecified atom stereocenters. The van der Waals surface area contributed by atoms with Gasteiger partial charge in [-0.2, -0.15) is 13.2 Å². The zero-order valence-corrected chi connectivity index (χ0v) is 11.9. The van der Waals surface area contributed by atoms with Gasteiger partial charge in [-0.1, -0.05) is 6.07 Å². The van der Waals surface area contributed by atoms with Crippen LogP contribution in [0.5, 0.6) is 0 Å². The Morgan fingerprint density at radius 1 is 1.29 bits per heavy atom. The van der Waals surface area contributed by atoms with E-state index in [1.807, 2.05) is 0 Å². The van der Waals surface area contributed by atoms with Gasteiger partial charge in [-0.05, 0) is 36.6 Å². The quantitative estimate of drug-likeness (QED) is 0.865. The maximum Gasteiger partial charge on any atom is 0.416 e. The predicted octanol–water partition coefficient (Wildman–Crippen LogP) is 2.37. The molecule has 8 heteroatoms. The molecule has 118 valence electrons. The first-order valence-corrected chi connectivity index (χ1v) is 8.26. The third kappa shape index (κ3) is 4.41. The van der Waals surface area contributed by atoms with Gasteiger partial charge >= 0.3 is 6.18 Å². The Hall–Kier alpha value is -1.15. The largest absolute Gasteiger partial charge is 0.416 e. The van der Waals surface area contributed by atoms with Gasteiger partial charge in [-0.25, -0.2) is 12.8 Å². The molecule has 0 bridgehead atoms. The van der Waals surface area contributed by atoms with Gasteiger partial charge in [-0.15, -0.1) is 0 Å². The van der Waals surface area contributed by atoms with Crippen LogP contribution in [0.1, 0.15) is 17.5 Å². The van der Waals surface area contributed by atoms with E-state index in [-0.39, 0.29) is 29.5 Å². The summed E-state index contributed by atoms with van der Waals surface area (Å²) in [5, 5.41) is 2.83. The topological polar surface area (TPSA) is 46.2 Å². The Kier molecular flexibility index (Phi) is 4.57. The average molecular weight is 325 g/mol. The predicted molar refractivity (Wildman–Crippen MR) is 69.9 cm³/mol. The van der Waals surface area contributed by atoms with Gasteiger partial charge in [0.1, 0.15) is 5.82 Å². The van der Waals surface area contributed by atoms with Gasteiger partial charge in [-0.3, -0.25) is 0 Å². The van der Waals surface area contributed by atoms with Crippen LogP contribution in [0.4, 0.5) is 17.6 Å². The molecule has 1 aromatic rings. The second-order valence-corrected chi connectivity index (χ2v) is 7.43. The standard InChI is InChI=1S/C13H15F4NO2S/c14-11-2-1-10(12(5-11)13(15,16)17)7-18-6-9-3-4-21(19,20)8-9/h1-2,5,9,18H,3-4,6-8H2. The molecule has 1 saturated heterocycles. The van der Waals surface area contributed by atoms with E-state index in [1.54, 1.807) is 0 Å². The smallest absolute Gasteiger partial charge is 0.312 e. The van der Waals surface area contributed by atoms with E-state index in [0.717, 1.165) is 12.1 Å².